The predicted octanol–water partition coefficient (Wildman–Crippen LogP) is 3.06. The Morgan fingerprint density at radius 1 is 1.33 bits per heavy atom. The lowest BCUT2D eigenvalue weighted by molar-refractivity contribution is -0.144. The fourth-order valence-electron chi connectivity index (χ4n) is 1.85. The van der Waals surface area contributed by atoms with Crippen LogP contribution in [0.4, 0.5) is 19.0 Å². The van der Waals surface area contributed by atoms with E-state index in [2.05, 4.69) is 20.4 Å². The second kappa shape index (κ2) is 5.88. The van der Waals surface area contributed by atoms with Gasteiger partial charge in [0.2, 0.25) is 5.82 Å². The van der Waals surface area contributed by atoms with Crippen LogP contribution < -0.4 is 5.32 Å². The van der Waals surface area contributed by atoms with Crippen molar-refractivity contribution >= 4 is 17.4 Å². The van der Waals surface area contributed by atoms with Crippen LogP contribution in [0.1, 0.15) is 24.0 Å². The number of halogens is 4. The normalized spacial score (nSPS) is 11.7. The van der Waals surface area contributed by atoms with Crippen molar-refractivity contribution in [1.82, 2.24) is 19.7 Å². The first-order chi connectivity index (χ1) is 9.79. The average Bonchev–Trinajstić information content (AvgIpc) is 2.75. The summed E-state index contributed by atoms with van der Waals surface area (Å²) in [6.45, 7) is 2.26. The first kappa shape index (κ1) is 15.6. The Hall–Kier alpha value is -1.83. The number of nitrogens with one attached hydrogen (secondary N) is 1. The van der Waals surface area contributed by atoms with Crippen LogP contribution in [0.25, 0.3) is 0 Å². The van der Waals surface area contributed by atoms with Crippen LogP contribution >= 0.6 is 11.6 Å². The number of anilines is 1. The summed E-state index contributed by atoms with van der Waals surface area (Å²) in [5.41, 5.74) is 1.77. The zero-order chi connectivity index (χ0) is 15.6. The highest BCUT2D eigenvalue weighted by Crippen LogP contribution is 2.28. The van der Waals surface area contributed by atoms with E-state index in [-0.39, 0.29) is 11.0 Å². The van der Waals surface area contributed by atoms with E-state index in [1.165, 1.54) is 6.07 Å². The zero-order valence-electron chi connectivity index (χ0n) is 11.4. The molecule has 0 amide bonds. The Balaban J connectivity index is 2.18. The van der Waals surface area contributed by atoms with Gasteiger partial charge in [0, 0.05) is 31.4 Å². The molecule has 1 N–H and O–H groups in total. The summed E-state index contributed by atoms with van der Waals surface area (Å²) in [5, 5.41) is 6.80. The molecule has 0 atom stereocenters. The second-order valence-electron chi connectivity index (χ2n) is 4.38. The molecule has 0 fully saturated rings. The van der Waals surface area contributed by atoms with Gasteiger partial charge in [0.1, 0.15) is 11.0 Å². The fraction of sp³-hybridized carbons (Fsp3) is 0.417. The lowest BCUT2D eigenvalue weighted by atomic mass is 10.2. The van der Waals surface area contributed by atoms with E-state index in [0.717, 1.165) is 17.7 Å². The van der Waals surface area contributed by atoms with Crippen LogP contribution in [0.15, 0.2) is 12.3 Å². The van der Waals surface area contributed by atoms with Gasteiger partial charge in [-0.15, -0.1) is 0 Å². The van der Waals surface area contributed by atoms with E-state index in [4.69, 9.17) is 11.6 Å². The summed E-state index contributed by atoms with van der Waals surface area (Å²) in [6, 6.07) is 1.25. The summed E-state index contributed by atoms with van der Waals surface area (Å²) in [4.78, 5) is 6.59. The molecular weight excluding hydrogens is 307 g/mol. The highest BCUT2D eigenvalue weighted by molar-refractivity contribution is 6.29. The SMILES string of the molecule is CCc1nn(C)cc1CNc1cc(Cl)nc(C(F)(F)F)n1. The molecule has 0 unspecified atom stereocenters. The van der Waals surface area contributed by atoms with Crippen LogP contribution in [0.3, 0.4) is 0 Å². The van der Waals surface area contributed by atoms with Gasteiger partial charge in [-0.1, -0.05) is 18.5 Å². The van der Waals surface area contributed by atoms with Crippen molar-refractivity contribution < 1.29 is 13.2 Å². The number of alkyl halides is 3. The molecule has 0 spiro atoms. The van der Waals surface area contributed by atoms with E-state index < -0.39 is 12.0 Å². The van der Waals surface area contributed by atoms with Crippen LogP contribution in [-0.2, 0) is 26.2 Å². The molecule has 0 aliphatic carbocycles. The summed E-state index contributed by atoms with van der Waals surface area (Å²) in [6.07, 6.45) is -2.10. The summed E-state index contributed by atoms with van der Waals surface area (Å²) in [7, 11) is 1.78. The molecule has 2 aromatic heterocycles. The second-order valence-corrected chi connectivity index (χ2v) is 4.77. The molecule has 114 valence electrons. The van der Waals surface area contributed by atoms with Crippen molar-refractivity contribution in [2.24, 2.45) is 7.05 Å². The molecular formula is C12H13ClF3N5. The molecule has 0 aromatic carbocycles. The quantitative estimate of drug-likeness (QED) is 0.880. The minimum Gasteiger partial charge on any atom is -0.366 e. The monoisotopic (exact) mass is 319 g/mol. The highest BCUT2D eigenvalue weighted by atomic mass is 35.5. The Morgan fingerprint density at radius 2 is 2.05 bits per heavy atom. The van der Waals surface area contributed by atoms with Gasteiger partial charge in [-0.2, -0.15) is 18.3 Å². The third kappa shape index (κ3) is 3.84. The zero-order valence-corrected chi connectivity index (χ0v) is 12.1. The average molecular weight is 320 g/mol. The molecule has 0 saturated carbocycles. The third-order valence-electron chi connectivity index (χ3n) is 2.74. The lowest BCUT2D eigenvalue weighted by Gasteiger charge is -2.09. The van der Waals surface area contributed by atoms with Gasteiger partial charge < -0.3 is 5.32 Å². The van der Waals surface area contributed by atoms with Crippen molar-refractivity contribution in [1.29, 1.82) is 0 Å². The minimum atomic E-state index is -4.63. The third-order valence-corrected chi connectivity index (χ3v) is 2.93. The molecule has 0 aliphatic heterocycles. The Labute approximate surface area is 124 Å². The molecule has 2 aromatic rings. The smallest absolute Gasteiger partial charge is 0.366 e. The Morgan fingerprint density at radius 3 is 2.67 bits per heavy atom. The van der Waals surface area contributed by atoms with Gasteiger partial charge in [0.15, 0.2) is 0 Å². The number of hydrogen-bond acceptors (Lipinski definition) is 4. The maximum atomic E-state index is 12.6. The molecule has 0 radical (unpaired) electrons. The number of hydrogen-bond donors (Lipinski definition) is 1. The van der Waals surface area contributed by atoms with Gasteiger partial charge in [-0.05, 0) is 6.42 Å². The predicted molar refractivity (Wildman–Crippen MR) is 72.0 cm³/mol. The van der Waals surface area contributed by atoms with Crippen LogP contribution in [0, 0.1) is 0 Å². The molecule has 5 nitrogen and oxygen atoms in total. The molecule has 21 heavy (non-hydrogen) atoms. The fourth-order valence-corrected chi connectivity index (χ4v) is 2.03. The van der Waals surface area contributed by atoms with Crippen molar-refractivity contribution in [3.05, 3.63) is 34.5 Å². The van der Waals surface area contributed by atoms with Crippen LogP contribution in [-0.4, -0.2) is 19.7 Å². The Kier molecular flexibility index (Phi) is 4.36. The molecule has 0 bridgehead atoms. The maximum Gasteiger partial charge on any atom is 0.451 e. The first-order valence-electron chi connectivity index (χ1n) is 6.16. The highest BCUT2D eigenvalue weighted by Gasteiger charge is 2.35. The summed E-state index contributed by atoms with van der Waals surface area (Å²) < 4.78 is 39.5. The number of aryl methyl sites for hydroxylation is 2. The molecule has 0 saturated heterocycles. The minimum absolute atomic E-state index is 0.0215. The largest absolute Gasteiger partial charge is 0.451 e. The van der Waals surface area contributed by atoms with Gasteiger partial charge in [-0.3, -0.25) is 4.68 Å². The topological polar surface area (TPSA) is 55.6 Å². The summed E-state index contributed by atoms with van der Waals surface area (Å²) >= 11 is 5.59. The molecule has 9 heteroatoms. The van der Waals surface area contributed by atoms with Gasteiger partial charge in [-0.25, -0.2) is 9.97 Å². The van der Waals surface area contributed by atoms with E-state index in [1.54, 1.807) is 17.9 Å². The van der Waals surface area contributed by atoms with Crippen molar-refractivity contribution in [2.75, 3.05) is 5.32 Å². The van der Waals surface area contributed by atoms with Crippen molar-refractivity contribution in [3.8, 4) is 0 Å². The van der Waals surface area contributed by atoms with Crippen molar-refractivity contribution in [2.45, 2.75) is 26.1 Å². The Bertz CT molecular complexity index is 638. The van der Waals surface area contributed by atoms with E-state index in [0.29, 0.717) is 6.54 Å². The van der Waals surface area contributed by atoms with Crippen LogP contribution in [0.2, 0.25) is 5.15 Å². The van der Waals surface area contributed by atoms with E-state index in [9.17, 15) is 13.2 Å². The van der Waals surface area contributed by atoms with Crippen molar-refractivity contribution in [3.63, 3.8) is 0 Å². The summed E-state index contributed by atoms with van der Waals surface area (Å²) in [5.74, 6) is -1.24. The number of aromatic nitrogens is 4. The molecule has 0 aliphatic rings. The van der Waals surface area contributed by atoms with Crippen LogP contribution in [0.5, 0.6) is 0 Å². The molecule has 2 heterocycles. The molecule has 2 rings (SSSR count). The first-order valence-corrected chi connectivity index (χ1v) is 6.54. The number of rotatable bonds is 4. The standard InChI is InChI=1S/C12H13ClF3N5/c1-3-8-7(6-21(2)20-8)5-17-10-4-9(13)18-11(19-10)12(14,15)16/h4,6H,3,5H2,1-2H3,(H,17,18,19). The van der Waals surface area contributed by atoms with Gasteiger partial charge >= 0.3 is 6.18 Å². The lowest BCUT2D eigenvalue weighted by Crippen LogP contribution is -2.13. The van der Waals surface area contributed by atoms with Gasteiger partial charge in [0.05, 0.1) is 5.69 Å². The van der Waals surface area contributed by atoms with E-state index in [1.807, 2.05) is 6.92 Å². The van der Waals surface area contributed by atoms with Gasteiger partial charge in [0.25, 0.3) is 0 Å². The number of nitrogens with zero attached hydrogens (tertiary/aromatic N) is 4. The maximum absolute atomic E-state index is 12.6. The van der Waals surface area contributed by atoms with E-state index >= 15 is 0 Å².